The molecule has 3 aromatic rings. The number of nitrogens with one attached hydrogen (secondary N) is 1. The Labute approximate surface area is 110 Å². The fraction of sp³-hybridized carbons (Fsp3) is 0.214. The van der Waals surface area contributed by atoms with Crippen molar-refractivity contribution in [3.8, 4) is 11.1 Å². The van der Waals surface area contributed by atoms with Gasteiger partial charge in [-0.3, -0.25) is 4.68 Å². The van der Waals surface area contributed by atoms with Gasteiger partial charge >= 0.3 is 0 Å². The molecule has 3 rings (SSSR count). The zero-order valence-electron chi connectivity index (χ0n) is 10.8. The summed E-state index contributed by atoms with van der Waals surface area (Å²) < 4.78 is 15.8. The van der Waals surface area contributed by atoms with Crippen LogP contribution in [0.15, 0.2) is 30.7 Å². The molecule has 5 heteroatoms. The fourth-order valence-corrected chi connectivity index (χ4v) is 2.14. The van der Waals surface area contributed by atoms with Crippen LogP contribution in [-0.4, -0.2) is 14.8 Å². The molecular weight excluding hydrogens is 243 g/mol. The molecule has 0 aliphatic heterocycles. The van der Waals surface area contributed by atoms with Crippen molar-refractivity contribution in [3.05, 3.63) is 36.5 Å². The molecule has 2 aromatic heterocycles. The third-order valence-corrected chi connectivity index (χ3v) is 3.24. The van der Waals surface area contributed by atoms with Crippen molar-refractivity contribution >= 4 is 16.6 Å². The highest BCUT2D eigenvalue weighted by Gasteiger charge is 2.11. The number of aromatic amines is 1. The van der Waals surface area contributed by atoms with Gasteiger partial charge in [-0.15, -0.1) is 0 Å². The minimum Gasteiger partial charge on any atom is -0.397 e. The fourth-order valence-electron chi connectivity index (χ4n) is 2.14. The highest BCUT2D eigenvalue weighted by molar-refractivity contribution is 5.94. The highest BCUT2D eigenvalue weighted by atomic mass is 19.1. The van der Waals surface area contributed by atoms with Crippen LogP contribution in [0.25, 0.3) is 22.0 Å². The van der Waals surface area contributed by atoms with Crippen LogP contribution in [0.1, 0.15) is 19.9 Å². The van der Waals surface area contributed by atoms with Crippen LogP contribution in [-0.2, 0) is 0 Å². The summed E-state index contributed by atoms with van der Waals surface area (Å²) in [6, 6.07) is 3.66. The predicted octanol–water partition coefficient (Wildman–Crippen LogP) is 3.33. The van der Waals surface area contributed by atoms with Crippen LogP contribution in [0.5, 0.6) is 0 Å². The molecule has 0 spiro atoms. The maximum atomic E-state index is 14.0. The molecule has 0 saturated carbocycles. The van der Waals surface area contributed by atoms with Gasteiger partial charge in [0, 0.05) is 29.4 Å². The standard InChI is InChI=1S/C14H15FN4/c1-8(2)19-7-10(5-18-19)9-3-11-13(16)6-17-14(11)12(15)4-9/h3-8,17H,16H2,1-2H3. The second kappa shape index (κ2) is 4.12. The molecule has 0 fully saturated rings. The molecule has 0 aliphatic carbocycles. The van der Waals surface area contributed by atoms with Gasteiger partial charge in [0.1, 0.15) is 5.82 Å². The monoisotopic (exact) mass is 258 g/mol. The second-order valence-corrected chi connectivity index (χ2v) is 4.93. The summed E-state index contributed by atoms with van der Waals surface area (Å²) >= 11 is 0. The average molecular weight is 258 g/mol. The Bertz CT molecular complexity index is 739. The van der Waals surface area contributed by atoms with E-state index in [1.54, 1.807) is 12.4 Å². The number of halogens is 1. The molecule has 98 valence electrons. The Balaban J connectivity index is 2.16. The van der Waals surface area contributed by atoms with E-state index in [4.69, 9.17) is 5.73 Å². The number of H-pyrrole nitrogens is 1. The van der Waals surface area contributed by atoms with Gasteiger partial charge in [0.25, 0.3) is 0 Å². The summed E-state index contributed by atoms with van der Waals surface area (Å²) in [6.45, 7) is 4.09. The Kier molecular flexibility index (Phi) is 2.55. The molecule has 0 radical (unpaired) electrons. The van der Waals surface area contributed by atoms with Crippen molar-refractivity contribution in [2.24, 2.45) is 0 Å². The van der Waals surface area contributed by atoms with Crippen molar-refractivity contribution in [2.45, 2.75) is 19.9 Å². The molecule has 0 aliphatic rings. The van der Waals surface area contributed by atoms with Crippen LogP contribution >= 0.6 is 0 Å². The molecule has 0 unspecified atom stereocenters. The molecule has 0 atom stereocenters. The van der Waals surface area contributed by atoms with E-state index in [9.17, 15) is 4.39 Å². The van der Waals surface area contributed by atoms with E-state index in [2.05, 4.69) is 10.1 Å². The quantitative estimate of drug-likeness (QED) is 0.740. The smallest absolute Gasteiger partial charge is 0.147 e. The Morgan fingerprint density at radius 3 is 2.79 bits per heavy atom. The first-order valence-electron chi connectivity index (χ1n) is 6.17. The molecule has 19 heavy (non-hydrogen) atoms. The van der Waals surface area contributed by atoms with Gasteiger partial charge in [-0.25, -0.2) is 4.39 Å². The molecule has 0 amide bonds. The Morgan fingerprint density at radius 2 is 2.11 bits per heavy atom. The second-order valence-electron chi connectivity index (χ2n) is 4.93. The summed E-state index contributed by atoms with van der Waals surface area (Å²) in [5, 5.41) is 4.97. The van der Waals surface area contributed by atoms with Crippen LogP contribution in [0.3, 0.4) is 0 Å². The number of anilines is 1. The number of nitrogen functional groups attached to an aromatic ring is 1. The van der Waals surface area contributed by atoms with E-state index in [-0.39, 0.29) is 11.9 Å². The summed E-state index contributed by atoms with van der Waals surface area (Å²) in [5.74, 6) is -0.304. The maximum Gasteiger partial charge on any atom is 0.147 e. The van der Waals surface area contributed by atoms with Crippen molar-refractivity contribution in [3.63, 3.8) is 0 Å². The number of aromatic nitrogens is 3. The van der Waals surface area contributed by atoms with Crippen LogP contribution in [0.2, 0.25) is 0 Å². The molecule has 3 N–H and O–H groups in total. The maximum absolute atomic E-state index is 14.0. The lowest BCUT2D eigenvalue weighted by Crippen LogP contribution is -1.99. The Morgan fingerprint density at radius 1 is 1.32 bits per heavy atom. The lowest BCUT2D eigenvalue weighted by molar-refractivity contribution is 0.532. The number of hydrogen-bond acceptors (Lipinski definition) is 2. The summed E-state index contributed by atoms with van der Waals surface area (Å²) in [6.07, 6.45) is 5.26. The Hall–Kier alpha value is -2.30. The van der Waals surface area contributed by atoms with Gasteiger partial charge in [-0.2, -0.15) is 5.10 Å². The van der Waals surface area contributed by atoms with E-state index >= 15 is 0 Å². The number of nitrogens with two attached hydrogens (primary N) is 1. The van der Waals surface area contributed by atoms with E-state index in [0.29, 0.717) is 16.6 Å². The molecule has 2 heterocycles. The lowest BCUT2D eigenvalue weighted by atomic mass is 10.1. The number of rotatable bonds is 2. The molecule has 0 bridgehead atoms. The summed E-state index contributed by atoms with van der Waals surface area (Å²) in [7, 11) is 0. The van der Waals surface area contributed by atoms with Gasteiger partial charge in [-0.1, -0.05) is 0 Å². The average Bonchev–Trinajstić information content (AvgIpc) is 2.97. The van der Waals surface area contributed by atoms with Crippen LogP contribution in [0.4, 0.5) is 10.1 Å². The van der Waals surface area contributed by atoms with Gasteiger partial charge < -0.3 is 10.7 Å². The number of benzene rings is 1. The molecule has 1 aromatic carbocycles. The first-order valence-corrected chi connectivity index (χ1v) is 6.17. The normalized spacial score (nSPS) is 11.6. The minimum absolute atomic E-state index is 0.277. The van der Waals surface area contributed by atoms with Crippen LogP contribution in [0, 0.1) is 5.82 Å². The first kappa shape index (κ1) is 11.8. The zero-order valence-corrected chi connectivity index (χ0v) is 10.8. The summed E-state index contributed by atoms with van der Waals surface area (Å²) in [4.78, 5) is 2.84. The third kappa shape index (κ3) is 1.87. The minimum atomic E-state index is -0.304. The van der Waals surface area contributed by atoms with E-state index < -0.39 is 0 Å². The van der Waals surface area contributed by atoms with Gasteiger partial charge in [0.15, 0.2) is 0 Å². The highest BCUT2D eigenvalue weighted by Crippen LogP contribution is 2.29. The van der Waals surface area contributed by atoms with Gasteiger partial charge in [0.2, 0.25) is 0 Å². The zero-order chi connectivity index (χ0) is 13.6. The number of fused-ring (bicyclic) bond motifs is 1. The largest absolute Gasteiger partial charge is 0.397 e. The van der Waals surface area contributed by atoms with E-state index in [1.165, 1.54) is 6.07 Å². The van der Waals surface area contributed by atoms with E-state index in [1.807, 2.05) is 30.8 Å². The first-order chi connectivity index (χ1) is 9.06. The van der Waals surface area contributed by atoms with Crippen molar-refractivity contribution < 1.29 is 4.39 Å². The SMILES string of the molecule is CC(C)n1cc(-c2cc(F)c3[nH]cc(N)c3c2)cn1. The van der Waals surface area contributed by atoms with Crippen LogP contribution < -0.4 is 5.73 Å². The van der Waals surface area contributed by atoms with Crippen molar-refractivity contribution in [2.75, 3.05) is 5.73 Å². The van der Waals surface area contributed by atoms with Crippen molar-refractivity contribution in [1.29, 1.82) is 0 Å². The van der Waals surface area contributed by atoms with Crippen molar-refractivity contribution in [1.82, 2.24) is 14.8 Å². The predicted molar refractivity (Wildman–Crippen MR) is 74.3 cm³/mol. The molecular formula is C14H15FN4. The number of hydrogen-bond donors (Lipinski definition) is 2. The third-order valence-electron chi connectivity index (χ3n) is 3.24. The summed E-state index contributed by atoms with van der Waals surface area (Å²) in [5.41, 5.74) is 8.48. The molecule has 4 nitrogen and oxygen atoms in total. The number of nitrogens with zero attached hydrogens (tertiary/aromatic N) is 2. The van der Waals surface area contributed by atoms with E-state index in [0.717, 1.165) is 11.1 Å². The lowest BCUT2D eigenvalue weighted by Gasteiger charge is -2.04. The van der Waals surface area contributed by atoms with Gasteiger partial charge in [0.05, 0.1) is 17.4 Å². The molecule has 0 saturated heterocycles. The van der Waals surface area contributed by atoms with Gasteiger partial charge in [-0.05, 0) is 31.5 Å². The topological polar surface area (TPSA) is 59.6 Å².